The van der Waals surface area contributed by atoms with Crippen LogP contribution in [0.25, 0.3) is 11.1 Å². The molecule has 5 heteroatoms. The summed E-state index contributed by atoms with van der Waals surface area (Å²) >= 11 is 0. The van der Waals surface area contributed by atoms with Crippen molar-refractivity contribution in [1.82, 2.24) is 4.57 Å². The Balaban J connectivity index is 1.94. The summed E-state index contributed by atoms with van der Waals surface area (Å²) in [6, 6.07) is 10.7. The van der Waals surface area contributed by atoms with Crippen molar-refractivity contribution >= 4 is 22.7 Å². The fourth-order valence-corrected chi connectivity index (χ4v) is 2.53. The Kier molecular flexibility index (Phi) is 4.08. The van der Waals surface area contributed by atoms with Gasteiger partial charge in [0.05, 0.1) is 5.52 Å². The quantitative estimate of drug-likeness (QED) is 0.746. The van der Waals surface area contributed by atoms with E-state index in [0.29, 0.717) is 23.2 Å². The molecule has 2 aromatic carbocycles. The number of nitrogens with zero attached hydrogens (tertiary/aromatic N) is 1. The molecule has 0 aliphatic carbocycles. The molecule has 24 heavy (non-hydrogen) atoms. The number of hydrogen-bond donors (Lipinski definition) is 1. The lowest BCUT2D eigenvalue weighted by atomic mass is 10.1. The van der Waals surface area contributed by atoms with Gasteiger partial charge in [-0.25, -0.2) is 4.79 Å². The predicted molar refractivity (Wildman–Crippen MR) is 94.5 cm³/mol. The first-order valence-electron chi connectivity index (χ1n) is 7.62. The van der Waals surface area contributed by atoms with Gasteiger partial charge >= 0.3 is 5.76 Å². The lowest BCUT2D eigenvalue weighted by Gasteiger charge is -2.08. The van der Waals surface area contributed by atoms with Crippen LogP contribution in [0.1, 0.15) is 21.5 Å². The fourth-order valence-electron chi connectivity index (χ4n) is 2.53. The number of fused-ring (bicyclic) bond motifs is 1. The molecule has 3 rings (SSSR count). The van der Waals surface area contributed by atoms with Crippen LogP contribution in [0.4, 0.5) is 5.69 Å². The van der Waals surface area contributed by atoms with Crippen molar-refractivity contribution in [2.24, 2.45) is 0 Å². The minimum atomic E-state index is -0.461. The average Bonchev–Trinajstić information content (AvgIpc) is 2.86. The summed E-state index contributed by atoms with van der Waals surface area (Å²) in [5, 5.41) is 2.87. The SMILES string of the molecule is C=CCn1c(=O)oc2ccc(C(=O)Nc3ccc(C)c(C)c3)cc21. The van der Waals surface area contributed by atoms with Gasteiger partial charge in [-0.05, 0) is 55.3 Å². The Morgan fingerprint density at radius 3 is 2.71 bits per heavy atom. The zero-order chi connectivity index (χ0) is 17.3. The molecule has 1 N–H and O–H groups in total. The third-order valence-electron chi connectivity index (χ3n) is 4.01. The number of aryl methyl sites for hydroxylation is 2. The molecule has 1 amide bonds. The van der Waals surface area contributed by atoms with Gasteiger partial charge in [0.2, 0.25) is 0 Å². The highest BCUT2D eigenvalue weighted by molar-refractivity contribution is 6.05. The molecule has 1 heterocycles. The van der Waals surface area contributed by atoms with Crippen LogP contribution in [0.3, 0.4) is 0 Å². The monoisotopic (exact) mass is 322 g/mol. The standard InChI is InChI=1S/C19H18N2O3/c1-4-9-21-16-11-14(6-8-17(16)24-19(21)23)18(22)20-15-7-5-12(2)13(3)10-15/h4-8,10-11H,1,9H2,2-3H3,(H,20,22). The Morgan fingerprint density at radius 2 is 2.00 bits per heavy atom. The van der Waals surface area contributed by atoms with Gasteiger partial charge in [-0.15, -0.1) is 6.58 Å². The highest BCUT2D eigenvalue weighted by Crippen LogP contribution is 2.18. The highest BCUT2D eigenvalue weighted by atomic mass is 16.4. The maximum Gasteiger partial charge on any atom is 0.420 e. The maximum atomic E-state index is 12.5. The van der Waals surface area contributed by atoms with Crippen molar-refractivity contribution in [3.05, 3.63) is 76.3 Å². The van der Waals surface area contributed by atoms with E-state index < -0.39 is 5.76 Å². The van der Waals surface area contributed by atoms with E-state index in [1.165, 1.54) is 10.1 Å². The molecule has 0 unspecified atom stereocenters. The first-order chi connectivity index (χ1) is 11.5. The van der Waals surface area contributed by atoms with Crippen molar-refractivity contribution in [3.63, 3.8) is 0 Å². The van der Waals surface area contributed by atoms with Gasteiger partial charge in [0, 0.05) is 17.8 Å². The van der Waals surface area contributed by atoms with E-state index in [1.807, 2.05) is 32.0 Å². The number of anilines is 1. The molecule has 0 aliphatic rings. The number of benzene rings is 2. The van der Waals surface area contributed by atoms with Gasteiger partial charge in [0.15, 0.2) is 5.58 Å². The van der Waals surface area contributed by atoms with Crippen LogP contribution in [-0.4, -0.2) is 10.5 Å². The van der Waals surface area contributed by atoms with Crippen molar-refractivity contribution in [1.29, 1.82) is 0 Å². The molecule has 0 radical (unpaired) electrons. The number of carbonyl (C=O) groups excluding carboxylic acids is 1. The summed E-state index contributed by atoms with van der Waals surface area (Å²) in [5.74, 6) is -0.699. The van der Waals surface area contributed by atoms with E-state index in [-0.39, 0.29) is 5.91 Å². The van der Waals surface area contributed by atoms with Gasteiger partial charge in [0.25, 0.3) is 5.91 Å². The van der Waals surface area contributed by atoms with Crippen LogP contribution in [0, 0.1) is 13.8 Å². The zero-order valence-electron chi connectivity index (χ0n) is 13.6. The number of hydrogen-bond acceptors (Lipinski definition) is 3. The van der Waals surface area contributed by atoms with E-state index in [2.05, 4.69) is 11.9 Å². The van der Waals surface area contributed by atoms with Crippen LogP contribution in [0.15, 0.2) is 58.3 Å². The van der Waals surface area contributed by atoms with E-state index in [9.17, 15) is 9.59 Å². The number of nitrogens with one attached hydrogen (secondary N) is 1. The number of allylic oxidation sites excluding steroid dienone is 1. The Labute approximate surface area is 139 Å². The predicted octanol–water partition coefficient (Wildman–Crippen LogP) is 3.65. The van der Waals surface area contributed by atoms with Crippen LogP contribution in [-0.2, 0) is 6.54 Å². The number of oxazole rings is 1. The van der Waals surface area contributed by atoms with Crippen molar-refractivity contribution in [2.75, 3.05) is 5.32 Å². The second kappa shape index (κ2) is 6.20. The van der Waals surface area contributed by atoms with Crippen LogP contribution in [0.2, 0.25) is 0 Å². The van der Waals surface area contributed by atoms with Crippen LogP contribution >= 0.6 is 0 Å². The second-order valence-corrected chi connectivity index (χ2v) is 5.70. The minimum Gasteiger partial charge on any atom is -0.408 e. The van der Waals surface area contributed by atoms with Gasteiger partial charge in [-0.1, -0.05) is 12.1 Å². The van der Waals surface area contributed by atoms with Gasteiger partial charge in [0.1, 0.15) is 0 Å². The largest absolute Gasteiger partial charge is 0.420 e. The molecule has 0 aliphatic heterocycles. The third-order valence-corrected chi connectivity index (χ3v) is 4.01. The molecule has 0 atom stereocenters. The molecular weight excluding hydrogens is 304 g/mol. The van der Waals surface area contributed by atoms with Gasteiger partial charge in [-0.3, -0.25) is 9.36 Å². The van der Waals surface area contributed by atoms with E-state index in [4.69, 9.17) is 4.42 Å². The summed E-state index contributed by atoms with van der Waals surface area (Å²) in [6.07, 6.45) is 1.61. The molecule has 5 nitrogen and oxygen atoms in total. The lowest BCUT2D eigenvalue weighted by Crippen LogP contribution is -2.14. The number of carbonyl (C=O) groups is 1. The minimum absolute atomic E-state index is 0.237. The Hall–Kier alpha value is -3.08. The summed E-state index contributed by atoms with van der Waals surface area (Å²) in [5.41, 5.74) is 4.49. The second-order valence-electron chi connectivity index (χ2n) is 5.70. The van der Waals surface area contributed by atoms with E-state index in [0.717, 1.165) is 11.3 Å². The maximum absolute atomic E-state index is 12.5. The Morgan fingerprint density at radius 1 is 1.21 bits per heavy atom. The third kappa shape index (κ3) is 2.88. The smallest absolute Gasteiger partial charge is 0.408 e. The van der Waals surface area contributed by atoms with Gasteiger partial charge in [-0.2, -0.15) is 0 Å². The molecule has 0 fully saturated rings. The Bertz CT molecular complexity index is 996. The first kappa shape index (κ1) is 15.8. The van der Waals surface area contributed by atoms with Gasteiger partial charge < -0.3 is 9.73 Å². The lowest BCUT2D eigenvalue weighted by molar-refractivity contribution is 0.102. The highest BCUT2D eigenvalue weighted by Gasteiger charge is 2.13. The normalized spacial score (nSPS) is 10.8. The van der Waals surface area contributed by atoms with E-state index >= 15 is 0 Å². The zero-order valence-corrected chi connectivity index (χ0v) is 13.6. The van der Waals surface area contributed by atoms with Crippen molar-refractivity contribution in [3.8, 4) is 0 Å². The molecule has 0 spiro atoms. The molecule has 3 aromatic rings. The number of amides is 1. The molecule has 1 aromatic heterocycles. The van der Waals surface area contributed by atoms with Crippen LogP contribution in [0.5, 0.6) is 0 Å². The van der Waals surface area contributed by atoms with Crippen molar-refractivity contribution in [2.45, 2.75) is 20.4 Å². The van der Waals surface area contributed by atoms with Crippen LogP contribution < -0.4 is 11.1 Å². The number of aromatic nitrogens is 1. The topological polar surface area (TPSA) is 64.2 Å². The molecule has 0 saturated heterocycles. The van der Waals surface area contributed by atoms with Crippen molar-refractivity contribution < 1.29 is 9.21 Å². The summed E-state index contributed by atoms with van der Waals surface area (Å²) < 4.78 is 6.60. The fraction of sp³-hybridized carbons (Fsp3) is 0.158. The summed E-state index contributed by atoms with van der Waals surface area (Å²) in [7, 11) is 0. The number of rotatable bonds is 4. The van der Waals surface area contributed by atoms with E-state index in [1.54, 1.807) is 24.3 Å². The molecule has 122 valence electrons. The molecule has 0 saturated carbocycles. The average molecular weight is 322 g/mol. The summed E-state index contributed by atoms with van der Waals surface area (Å²) in [4.78, 5) is 24.3. The first-order valence-corrected chi connectivity index (χ1v) is 7.62. The molecular formula is C19H18N2O3. The molecule has 0 bridgehead atoms. The summed E-state index contributed by atoms with van der Waals surface area (Å²) in [6.45, 7) is 7.98.